The Labute approximate surface area is 130 Å². The molecule has 0 amide bonds. The number of hydrogen-bond donors (Lipinski definition) is 0. The SMILES string of the molecule is CN1CCC(CN(C)c2cc(Br)nc(C(C)(C)C)n2)C1. The summed E-state index contributed by atoms with van der Waals surface area (Å²) >= 11 is 3.51. The van der Waals surface area contributed by atoms with Crippen LogP contribution in [0.3, 0.4) is 0 Å². The number of likely N-dealkylation sites (tertiary alicyclic amines) is 1. The molecule has 2 rings (SSSR count). The van der Waals surface area contributed by atoms with Gasteiger partial charge in [-0.1, -0.05) is 20.8 Å². The maximum atomic E-state index is 4.74. The molecule has 1 aromatic rings. The first-order valence-electron chi connectivity index (χ1n) is 7.20. The van der Waals surface area contributed by atoms with Gasteiger partial charge in [0, 0.05) is 31.6 Å². The molecule has 4 nitrogen and oxygen atoms in total. The Balaban J connectivity index is 2.13. The van der Waals surface area contributed by atoms with E-state index in [-0.39, 0.29) is 5.41 Å². The summed E-state index contributed by atoms with van der Waals surface area (Å²) in [5, 5.41) is 0. The smallest absolute Gasteiger partial charge is 0.137 e. The van der Waals surface area contributed by atoms with Crippen LogP contribution in [0.25, 0.3) is 0 Å². The summed E-state index contributed by atoms with van der Waals surface area (Å²) in [6.45, 7) is 9.87. The molecule has 0 aliphatic carbocycles. The molecule has 1 atom stereocenters. The van der Waals surface area contributed by atoms with Crippen molar-refractivity contribution in [1.29, 1.82) is 0 Å². The standard InChI is InChI=1S/C15H25BrN4/c1-15(2,3)14-17-12(16)8-13(18-14)20(5)10-11-6-7-19(4)9-11/h8,11H,6-7,9-10H2,1-5H3. The molecule has 2 heterocycles. The van der Waals surface area contributed by atoms with E-state index < -0.39 is 0 Å². The quantitative estimate of drug-likeness (QED) is 0.792. The van der Waals surface area contributed by atoms with Gasteiger partial charge in [0.1, 0.15) is 16.2 Å². The van der Waals surface area contributed by atoms with Crippen LogP contribution in [0, 0.1) is 5.92 Å². The van der Waals surface area contributed by atoms with Gasteiger partial charge in [0.05, 0.1) is 0 Å². The van der Waals surface area contributed by atoms with Gasteiger partial charge in [0.15, 0.2) is 0 Å². The normalized spacial score (nSPS) is 20.4. The molecule has 1 saturated heterocycles. The van der Waals surface area contributed by atoms with Gasteiger partial charge >= 0.3 is 0 Å². The van der Waals surface area contributed by atoms with Gasteiger partial charge in [-0.25, -0.2) is 9.97 Å². The minimum absolute atomic E-state index is 0.0348. The number of halogens is 1. The highest BCUT2D eigenvalue weighted by molar-refractivity contribution is 9.10. The van der Waals surface area contributed by atoms with E-state index in [9.17, 15) is 0 Å². The van der Waals surface area contributed by atoms with Gasteiger partial charge in [0.2, 0.25) is 0 Å². The second-order valence-electron chi connectivity index (χ2n) is 6.92. The molecule has 0 aromatic carbocycles. The molecule has 0 spiro atoms. The van der Waals surface area contributed by atoms with Crippen LogP contribution in [0.2, 0.25) is 0 Å². The highest BCUT2D eigenvalue weighted by Gasteiger charge is 2.23. The Hall–Kier alpha value is -0.680. The number of rotatable bonds is 3. The third-order valence-electron chi connectivity index (χ3n) is 3.76. The maximum Gasteiger partial charge on any atom is 0.137 e. The highest BCUT2D eigenvalue weighted by Crippen LogP contribution is 2.25. The molecule has 112 valence electrons. The van der Waals surface area contributed by atoms with Gasteiger partial charge in [-0.2, -0.15) is 0 Å². The molecule has 1 fully saturated rings. The summed E-state index contributed by atoms with van der Waals surface area (Å²) in [5.74, 6) is 2.63. The fourth-order valence-corrected chi connectivity index (χ4v) is 2.97. The van der Waals surface area contributed by atoms with Crippen LogP contribution < -0.4 is 4.90 Å². The summed E-state index contributed by atoms with van der Waals surface area (Å²) in [7, 11) is 4.32. The van der Waals surface area contributed by atoms with Gasteiger partial charge < -0.3 is 9.80 Å². The first kappa shape index (κ1) is 15.7. The number of anilines is 1. The Morgan fingerprint density at radius 2 is 2.10 bits per heavy atom. The highest BCUT2D eigenvalue weighted by atomic mass is 79.9. The summed E-state index contributed by atoms with van der Waals surface area (Å²) < 4.78 is 0.864. The molecule has 0 bridgehead atoms. The minimum Gasteiger partial charge on any atom is -0.359 e. The molecule has 1 aliphatic rings. The lowest BCUT2D eigenvalue weighted by Gasteiger charge is -2.24. The van der Waals surface area contributed by atoms with Crippen LogP contribution in [-0.2, 0) is 5.41 Å². The lowest BCUT2D eigenvalue weighted by atomic mass is 9.96. The summed E-state index contributed by atoms with van der Waals surface area (Å²) in [5.41, 5.74) is -0.0348. The van der Waals surface area contributed by atoms with Gasteiger partial charge in [0.25, 0.3) is 0 Å². The van der Waals surface area contributed by atoms with E-state index in [1.54, 1.807) is 0 Å². The molecule has 1 unspecified atom stereocenters. The Kier molecular flexibility index (Phi) is 4.69. The van der Waals surface area contributed by atoms with Crippen LogP contribution in [0.4, 0.5) is 5.82 Å². The van der Waals surface area contributed by atoms with Crippen LogP contribution >= 0.6 is 15.9 Å². The van der Waals surface area contributed by atoms with Crippen molar-refractivity contribution < 1.29 is 0 Å². The lowest BCUT2D eigenvalue weighted by Crippen LogP contribution is -2.29. The van der Waals surface area contributed by atoms with E-state index in [2.05, 4.69) is 65.6 Å². The fourth-order valence-electron chi connectivity index (χ4n) is 2.59. The number of nitrogens with zero attached hydrogens (tertiary/aromatic N) is 4. The van der Waals surface area contributed by atoms with E-state index in [4.69, 9.17) is 4.98 Å². The maximum absolute atomic E-state index is 4.74. The fraction of sp³-hybridized carbons (Fsp3) is 0.733. The Morgan fingerprint density at radius 1 is 1.40 bits per heavy atom. The van der Waals surface area contributed by atoms with E-state index in [0.29, 0.717) is 0 Å². The van der Waals surface area contributed by atoms with Crippen molar-refractivity contribution in [3.05, 3.63) is 16.5 Å². The summed E-state index contributed by atoms with van der Waals surface area (Å²) in [6, 6.07) is 2.01. The van der Waals surface area contributed by atoms with E-state index >= 15 is 0 Å². The molecule has 20 heavy (non-hydrogen) atoms. The molecule has 5 heteroatoms. The monoisotopic (exact) mass is 340 g/mol. The van der Waals surface area contributed by atoms with Gasteiger partial charge in [-0.05, 0) is 41.9 Å². The zero-order valence-corrected chi connectivity index (χ0v) is 14.7. The molecule has 0 saturated carbocycles. The first-order valence-corrected chi connectivity index (χ1v) is 8.00. The predicted octanol–water partition coefficient (Wildman–Crippen LogP) is 2.92. The van der Waals surface area contributed by atoms with E-state index in [0.717, 1.165) is 28.7 Å². The molecule has 0 N–H and O–H groups in total. The van der Waals surface area contributed by atoms with E-state index in [1.165, 1.54) is 19.5 Å². The predicted molar refractivity (Wildman–Crippen MR) is 87.3 cm³/mol. The zero-order valence-electron chi connectivity index (χ0n) is 13.1. The van der Waals surface area contributed by atoms with Crippen LogP contribution in [0.5, 0.6) is 0 Å². The average Bonchev–Trinajstić information content (AvgIpc) is 2.72. The first-order chi connectivity index (χ1) is 9.25. The summed E-state index contributed by atoms with van der Waals surface area (Å²) in [4.78, 5) is 13.9. The van der Waals surface area contributed by atoms with Crippen LogP contribution in [-0.4, -0.2) is 48.6 Å². The van der Waals surface area contributed by atoms with Crippen molar-refractivity contribution in [2.24, 2.45) is 5.92 Å². The largest absolute Gasteiger partial charge is 0.359 e. The summed E-state index contributed by atoms with van der Waals surface area (Å²) in [6.07, 6.45) is 1.28. The number of aromatic nitrogens is 2. The molecule has 1 aliphatic heterocycles. The minimum atomic E-state index is -0.0348. The second kappa shape index (κ2) is 5.98. The van der Waals surface area contributed by atoms with Crippen molar-refractivity contribution in [2.45, 2.75) is 32.6 Å². The van der Waals surface area contributed by atoms with Crippen molar-refractivity contribution in [2.75, 3.05) is 38.6 Å². The van der Waals surface area contributed by atoms with Crippen molar-refractivity contribution in [1.82, 2.24) is 14.9 Å². The van der Waals surface area contributed by atoms with Crippen molar-refractivity contribution in [3.8, 4) is 0 Å². The van der Waals surface area contributed by atoms with Crippen molar-refractivity contribution in [3.63, 3.8) is 0 Å². The van der Waals surface area contributed by atoms with Crippen LogP contribution in [0.15, 0.2) is 10.7 Å². The number of hydrogen-bond acceptors (Lipinski definition) is 4. The Morgan fingerprint density at radius 3 is 2.65 bits per heavy atom. The average molecular weight is 341 g/mol. The molecule has 0 radical (unpaired) electrons. The van der Waals surface area contributed by atoms with Crippen LogP contribution in [0.1, 0.15) is 33.0 Å². The topological polar surface area (TPSA) is 32.3 Å². The molecular formula is C15H25BrN4. The zero-order chi connectivity index (χ0) is 14.9. The third-order valence-corrected chi connectivity index (χ3v) is 4.17. The Bertz CT molecular complexity index is 469. The third kappa shape index (κ3) is 3.92. The van der Waals surface area contributed by atoms with Gasteiger partial charge in [-0.15, -0.1) is 0 Å². The second-order valence-corrected chi connectivity index (χ2v) is 7.73. The molecular weight excluding hydrogens is 316 g/mol. The van der Waals surface area contributed by atoms with Crippen molar-refractivity contribution >= 4 is 21.7 Å². The lowest BCUT2D eigenvalue weighted by molar-refractivity contribution is 0.395. The molecule has 1 aromatic heterocycles. The van der Waals surface area contributed by atoms with Gasteiger partial charge in [-0.3, -0.25) is 0 Å². The van der Waals surface area contributed by atoms with E-state index in [1.807, 2.05) is 6.07 Å².